The number of nitrogens with zero attached hydrogens (tertiary/aromatic N) is 1. The molecule has 0 aromatic heterocycles. The maximum absolute atomic E-state index is 12.6. The van der Waals surface area contributed by atoms with Crippen molar-refractivity contribution in [3.8, 4) is 11.8 Å². The largest absolute Gasteiger partial charge is 0.444 e. The summed E-state index contributed by atoms with van der Waals surface area (Å²) in [5, 5.41) is 1.14. The van der Waals surface area contributed by atoms with Crippen LogP contribution in [0.1, 0.15) is 98.8 Å². The van der Waals surface area contributed by atoms with Crippen LogP contribution in [0.25, 0.3) is 0 Å². The van der Waals surface area contributed by atoms with Gasteiger partial charge in [-0.25, -0.2) is 4.79 Å². The van der Waals surface area contributed by atoms with Crippen LogP contribution in [0.15, 0.2) is 0 Å². The smallest absolute Gasteiger partial charge is 0.412 e. The molecule has 1 amide bonds. The second kappa shape index (κ2) is 15.1. The number of rotatable bonds is 13. The fourth-order valence-electron chi connectivity index (χ4n) is 3.62. The Labute approximate surface area is 199 Å². The monoisotopic (exact) mass is 501 g/mol. The SMILES string of the molecule is CC(C)(C)OC(=O)N1[C@@H](COCC#CCCCCCCCCCCCBr)COC1(C)C. The average Bonchev–Trinajstić information content (AvgIpc) is 2.98. The molecule has 180 valence electrons. The van der Waals surface area contributed by atoms with Gasteiger partial charge in [0.2, 0.25) is 0 Å². The van der Waals surface area contributed by atoms with Crippen LogP contribution in [0.5, 0.6) is 0 Å². The summed E-state index contributed by atoms with van der Waals surface area (Å²) < 4.78 is 17.0. The van der Waals surface area contributed by atoms with Gasteiger partial charge in [0.1, 0.15) is 17.9 Å². The van der Waals surface area contributed by atoms with Crippen LogP contribution in [0.2, 0.25) is 0 Å². The molecule has 0 aromatic carbocycles. The number of carbonyl (C=O) groups is 1. The van der Waals surface area contributed by atoms with Gasteiger partial charge in [0.15, 0.2) is 0 Å². The van der Waals surface area contributed by atoms with Gasteiger partial charge >= 0.3 is 6.09 Å². The third-order valence-electron chi connectivity index (χ3n) is 5.21. The number of hydrogen-bond acceptors (Lipinski definition) is 4. The van der Waals surface area contributed by atoms with E-state index in [1.54, 1.807) is 4.90 Å². The van der Waals surface area contributed by atoms with Gasteiger partial charge < -0.3 is 14.2 Å². The molecule has 1 saturated heterocycles. The summed E-state index contributed by atoms with van der Waals surface area (Å²) in [4.78, 5) is 14.2. The third-order valence-corrected chi connectivity index (χ3v) is 5.77. The Kier molecular flexibility index (Phi) is 13.8. The Bertz CT molecular complexity index is 562. The first-order valence-electron chi connectivity index (χ1n) is 11.9. The van der Waals surface area contributed by atoms with Crippen molar-refractivity contribution in [1.82, 2.24) is 4.90 Å². The van der Waals surface area contributed by atoms with Crippen LogP contribution in [0, 0.1) is 11.8 Å². The summed E-state index contributed by atoms with van der Waals surface area (Å²) in [6.07, 6.45) is 12.4. The Morgan fingerprint density at radius 3 is 2.19 bits per heavy atom. The van der Waals surface area contributed by atoms with Crippen LogP contribution in [0.4, 0.5) is 4.79 Å². The normalized spacial score (nSPS) is 18.0. The van der Waals surface area contributed by atoms with Crippen molar-refractivity contribution in [2.75, 3.05) is 25.2 Å². The highest BCUT2D eigenvalue weighted by atomic mass is 79.9. The molecule has 1 rings (SSSR count). The maximum Gasteiger partial charge on any atom is 0.412 e. The van der Waals surface area contributed by atoms with E-state index in [-0.39, 0.29) is 12.1 Å². The molecule has 0 aromatic rings. The minimum absolute atomic E-state index is 0.161. The summed E-state index contributed by atoms with van der Waals surface area (Å²) in [6, 6.07) is -0.161. The van der Waals surface area contributed by atoms with Gasteiger partial charge in [-0.1, -0.05) is 66.8 Å². The highest BCUT2D eigenvalue weighted by molar-refractivity contribution is 9.09. The van der Waals surface area contributed by atoms with Crippen molar-refractivity contribution < 1.29 is 19.0 Å². The quantitative estimate of drug-likeness (QED) is 0.160. The number of halogens is 1. The summed E-state index contributed by atoms with van der Waals surface area (Å²) >= 11 is 3.48. The van der Waals surface area contributed by atoms with E-state index < -0.39 is 11.3 Å². The predicted molar refractivity (Wildman–Crippen MR) is 130 cm³/mol. The van der Waals surface area contributed by atoms with Gasteiger partial charge in [-0.3, -0.25) is 4.90 Å². The Balaban J connectivity index is 2.14. The zero-order chi connectivity index (χ0) is 23.2. The lowest BCUT2D eigenvalue weighted by atomic mass is 10.1. The zero-order valence-corrected chi connectivity index (χ0v) is 22.0. The molecule has 1 heterocycles. The average molecular weight is 503 g/mol. The van der Waals surface area contributed by atoms with Crippen molar-refractivity contribution in [1.29, 1.82) is 0 Å². The fraction of sp³-hybridized carbons (Fsp3) is 0.880. The third kappa shape index (κ3) is 12.7. The van der Waals surface area contributed by atoms with Gasteiger partial charge in [0.25, 0.3) is 0 Å². The molecule has 6 heteroatoms. The van der Waals surface area contributed by atoms with Crippen molar-refractivity contribution in [2.24, 2.45) is 0 Å². The topological polar surface area (TPSA) is 48.0 Å². The molecule has 1 aliphatic rings. The number of unbranched alkanes of at least 4 members (excludes halogenated alkanes) is 9. The summed E-state index contributed by atoms with van der Waals surface area (Å²) in [5.41, 5.74) is -1.24. The first kappa shape index (κ1) is 28.3. The molecule has 1 atom stereocenters. The summed E-state index contributed by atoms with van der Waals surface area (Å²) in [6.45, 7) is 10.6. The molecule has 0 saturated carbocycles. The van der Waals surface area contributed by atoms with E-state index in [0.29, 0.717) is 19.8 Å². The van der Waals surface area contributed by atoms with Gasteiger partial charge in [-0.05, 0) is 47.5 Å². The van der Waals surface area contributed by atoms with E-state index in [1.165, 1.54) is 51.4 Å². The molecular weight excluding hydrogens is 458 g/mol. The number of hydrogen-bond donors (Lipinski definition) is 0. The molecule has 1 fully saturated rings. The summed E-state index contributed by atoms with van der Waals surface area (Å²) in [7, 11) is 0. The van der Waals surface area contributed by atoms with Crippen molar-refractivity contribution in [3.05, 3.63) is 0 Å². The van der Waals surface area contributed by atoms with Crippen molar-refractivity contribution in [3.63, 3.8) is 0 Å². The van der Waals surface area contributed by atoms with E-state index in [1.807, 2.05) is 34.6 Å². The Hall–Kier alpha value is -0.770. The molecular formula is C25H44BrNO4. The lowest BCUT2D eigenvalue weighted by Gasteiger charge is -2.34. The molecule has 0 spiro atoms. The number of alkyl halides is 1. The van der Waals surface area contributed by atoms with Crippen LogP contribution < -0.4 is 0 Å². The first-order chi connectivity index (χ1) is 14.7. The highest BCUT2D eigenvalue weighted by Crippen LogP contribution is 2.29. The molecule has 0 aliphatic carbocycles. The Morgan fingerprint density at radius 2 is 1.61 bits per heavy atom. The molecule has 5 nitrogen and oxygen atoms in total. The molecule has 31 heavy (non-hydrogen) atoms. The predicted octanol–water partition coefficient (Wildman–Crippen LogP) is 6.67. The Morgan fingerprint density at radius 1 is 1.03 bits per heavy atom. The van der Waals surface area contributed by atoms with E-state index in [9.17, 15) is 4.79 Å². The minimum Gasteiger partial charge on any atom is -0.444 e. The number of ether oxygens (including phenoxy) is 3. The van der Waals surface area contributed by atoms with E-state index in [0.717, 1.165) is 18.2 Å². The number of carbonyl (C=O) groups excluding carboxylic acids is 1. The van der Waals surface area contributed by atoms with Crippen LogP contribution in [0.3, 0.4) is 0 Å². The van der Waals surface area contributed by atoms with Crippen LogP contribution >= 0.6 is 15.9 Å². The second-order valence-corrected chi connectivity index (χ2v) is 10.5. The lowest BCUT2D eigenvalue weighted by Crippen LogP contribution is -2.51. The second-order valence-electron chi connectivity index (χ2n) is 9.75. The molecule has 0 N–H and O–H groups in total. The van der Waals surface area contributed by atoms with E-state index in [2.05, 4.69) is 27.8 Å². The molecule has 0 bridgehead atoms. The van der Waals surface area contributed by atoms with Crippen molar-refractivity contribution in [2.45, 2.75) is 116 Å². The zero-order valence-electron chi connectivity index (χ0n) is 20.4. The first-order valence-corrected chi connectivity index (χ1v) is 13.1. The maximum atomic E-state index is 12.6. The van der Waals surface area contributed by atoms with Crippen molar-refractivity contribution >= 4 is 22.0 Å². The van der Waals surface area contributed by atoms with Gasteiger partial charge in [0, 0.05) is 11.8 Å². The standard InChI is InChI=1S/C25H44BrNO4/c1-24(2,3)31-23(28)27-22(21-30-25(27,4)5)20-29-19-17-15-13-11-9-7-6-8-10-12-14-16-18-26/h22H,6-14,16,18-21H2,1-5H3/t22-/m0/s1. The highest BCUT2D eigenvalue weighted by Gasteiger charge is 2.45. The van der Waals surface area contributed by atoms with E-state index >= 15 is 0 Å². The molecule has 0 unspecified atom stereocenters. The fourth-order valence-corrected chi connectivity index (χ4v) is 4.01. The van der Waals surface area contributed by atoms with Crippen LogP contribution in [-0.2, 0) is 14.2 Å². The minimum atomic E-state index is -0.699. The molecule has 0 radical (unpaired) electrons. The van der Waals surface area contributed by atoms with Crippen LogP contribution in [-0.4, -0.2) is 53.5 Å². The van der Waals surface area contributed by atoms with Gasteiger partial charge in [0.05, 0.1) is 19.3 Å². The van der Waals surface area contributed by atoms with Gasteiger partial charge in [-0.2, -0.15) is 0 Å². The van der Waals surface area contributed by atoms with E-state index in [4.69, 9.17) is 14.2 Å². The summed E-state index contributed by atoms with van der Waals surface area (Å²) in [5.74, 6) is 6.29. The van der Waals surface area contributed by atoms with Gasteiger partial charge in [-0.15, -0.1) is 5.92 Å². The number of amides is 1. The lowest BCUT2D eigenvalue weighted by molar-refractivity contribution is -0.0651. The molecule has 1 aliphatic heterocycles.